The lowest BCUT2D eigenvalue weighted by molar-refractivity contribution is 0.0597. The van der Waals surface area contributed by atoms with E-state index in [0.717, 1.165) is 24.0 Å². The minimum atomic E-state index is -3.78. The van der Waals surface area contributed by atoms with E-state index in [0.29, 0.717) is 38.3 Å². The predicted molar refractivity (Wildman–Crippen MR) is 143 cm³/mol. The van der Waals surface area contributed by atoms with E-state index >= 15 is 0 Å². The number of nitrogens with one attached hydrogen (secondary N) is 1. The Bertz CT molecular complexity index is 1340. The first-order valence-corrected chi connectivity index (χ1v) is 14.5. The van der Waals surface area contributed by atoms with E-state index in [-0.39, 0.29) is 41.1 Å². The average molecular weight is 556 g/mol. The van der Waals surface area contributed by atoms with Crippen LogP contribution in [-0.4, -0.2) is 69.6 Å². The third-order valence-electron chi connectivity index (χ3n) is 7.25. The van der Waals surface area contributed by atoms with Gasteiger partial charge in [-0.15, -0.1) is 0 Å². The van der Waals surface area contributed by atoms with Gasteiger partial charge in [0.2, 0.25) is 10.0 Å². The van der Waals surface area contributed by atoms with Crippen LogP contribution in [0, 0.1) is 11.6 Å². The maximum Gasteiger partial charge on any atom is 0.253 e. The zero-order chi connectivity index (χ0) is 27.4. The van der Waals surface area contributed by atoms with Gasteiger partial charge in [-0.3, -0.25) is 9.69 Å². The quantitative estimate of drug-likeness (QED) is 0.455. The van der Waals surface area contributed by atoms with E-state index in [9.17, 15) is 22.0 Å². The Labute approximate surface area is 227 Å². The molecule has 1 amide bonds. The van der Waals surface area contributed by atoms with E-state index in [4.69, 9.17) is 4.74 Å². The van der Waals surface area contributed by atoms with Gasteiger partial charge in [-0.1, -0.05) is 30.3 Å². The van der Waals surface area contributed by atoms with Crippen molar-refractivity contribution in [3.8, 4) is 0 Å². The lowest BCUT2D eigenvalue weighted by atomic mass is 9.96. The Morgan fingerprint density at radius 2 is 1.54 bits per heavy atom. The maximum atomic E-state index is 13.6. The monoisotopic (exact) mass is 555 g/mol. The average Bonchev–Trinajstić information content (AvgIpc) is 3.48. The first-order chi connectivity index (χ1) is 18.8. The van der Waals surface area contributed by atoms with Gasteiger partial charge in [0.15, 0.2) is 0 Å². The number of piperazine rings is 1. The number of rotatable bonds is 8. The number of halogens is 2. The summed E-state index contributed by atoms with van der Waals surface area (Å²) in [6.45, 7) is 2.75. The van der Waals surface area contributed by atoms with Crippen LogP contribution in [-0.2, 0) is 14.8 Å². The summed E-state index contributed by atoms with van der Waals surface area (Å²) in [6, 6.07) is 18.4. The highest BCUT2D eigenvalue weighted by atomic mass is 32.2. The largest absolute Gasteiger partial charge is 0.377 e. The molecule has 2 aliphatic heterocycles. The van der Waals surface area contributed by atoms with E-state index in [1.54, 1.807) is 41.3 Å². The molecular formula is C29H31F2N3O4S. The lowest BCUT2D eigenvalue weighted by Gasteiger charge is -2.40. The smallest absolute Gasteiger partial charge is 0.253 e. The van der Waals surface area contributed by atoms with E-state index in [2.05, 4.69) is 9.62 Å². The van der Waals surface area contributed by atoms with Crippen LogP contribution in [0.2, 0.25) is 0 Å². The highest BCUT2D eigenvalue weighted by Gasteiger charge is 2.29. The molecule has 3 aromatic carbocycles. The highest BCUT2D eigenvalue weighted by Crippen LogP contribution is 2.30. The highest BCUT2D eigenvalue weighted by molar-refractivity contribution is 7.89. The summed E-state index contributed by atoms with van der Waals surface area (Å²) in [5.41, 5.74) is 2.05. The van der Waals surface area contributed by atoms with Crippen molar-refractivity contribution in [1.82, 2.24) is 14.5 Å². The summed E-state index contributed by atoms with van der Waals surface area (Å²) in [7, 11) is -3.78. The topological polar surface area (TPSA) is 78.9 Å². The van der Waals surface area contributed by atoms with Crippen LogP contribution in [0.5, 0.6) is 0 Å². The second-order valence-electron chi connectivity index (χ2n) is 9.85. The van der Waals surface area contributed by atoms with Crippen molar-refractivity contribution in [1.29, 1.82) is 0 Å². The SMILES string of the molecule is O=C(c1cccc(S(=O)(=O)NCC2CCCO2)c1)N1CCN(C(c2ccc(F)cc2)c2ccc(F)cc2)CC1. The molecule has 1 atom stereocenters. The van der Waals surface area contributed by atoms with Crippen molar-refractivity contribution < 1.29 is 26.7 Å². The molecule has 0 spiro atoms. The van der Waals surface area contributed by atoms with Crippen molar-refractivity contribution in [3.63, 3.8) is 0 Å². The number of hydrogen-bond donors (Lipinski definition) is 1. The van der Waals surface area contributed by atoms with Gasteiger partial charge in [-0.05, 0) is 66.4 Å². The van der Waals surface area contributed by atoms with Crippen LogP contribution < -0.4 is 4.72 Å². The van der Waals surface area contributed by atoms with Crippen molar-refractivity contribution >= 4 is 15.9 Å². The van der Waals surface area contributed by atoms with Crippen LogP contribution in [0.15, 0.2) is 77.7 Å². The number of amides is 1. The van der Waals surface area contributed by atoms with Crippen molar-refractivity contribution in [3.05, 3.63) is 101 Å². The Morgan fingerprint density at radius 1 is 0.923 bits per heavy atom. The molecule has 1 unspecified atom stereocenters. The number of carbonyl (C=O) groups is 1. The number of nitrogens with zero attached hydrogens (tertiary/aromatic N) is 2. The van der Waals surface area contributed by atoms with Crippen LogP contribution in [0.1, 0.15) is 40.4 Å². The molecular weight excluding hydrogens is 524 g/mol. The minimum absolute atomic E-state index is 0.0395. The molecule has 0 aliphatic carbocycles. The molecule has 0 aromatic heterocycles. The molecule has 0 radical (unpaired) electrons. The second kappa shape index (κ2) is 11.9. The van der Waals surface area contributed by atoms with Crippen LogP contribution in [0.4, 0.5) is 8.78 Å². The van der Waals surface area contributed by atoms with E-state index < -0.39 is 10.0 Å². The molecule has 0 bridgehead atoms. The number of carbonyl (C=O) groups excluding carboxylic acids is 1. The van der Waals surface area contributed by atoms with Crippen LogP contribution >= 0.6 is 0 Å². The molecule has 2 heterocycles. The first kappa shape index (κ1) is 27.4. The Morgan fingerprint density at radius 3 is 2.10 bits per heavy atom. The standard InChI is InChI=1S/C29H31F2N3O4S/c30-24-10-6-21(7-11-24)28(22-8-12-25(31)13-9-22)33-14-16-34(17-15-33)29(35)23-3-1-5-27(19-23)39(36,37)32-20-26-4-2-18-38-26/h1,3,5-13,19,26,28,32H,2,4,14-18,20H2. The molecule has 206 valence electrons. The molecule has 1 N–H and O–H groups in total. The van der Waals surface area contributed by atoms with E-state index in [1.807, 2.05) is 0 Å². The minimum Gasteiger partial charge on any atom is -0.377 e. The Kier molecular flexibility index (Phi) is 8.37. The Hall–Kier alpha value is -3.18. The number of sulfonamides is 1. The third kappa shape index (κ3) is 6.52. The summed E-state index contributed by atoms with van der Waals surface area (Å²) in [5, 5.41) is 0. The molecule has 3 aromatic rings. The van der Waals surface area contributed by atoms with Gasteiger partial charge in [-0.25, -0.2) is 21.9 Å². The fraction of sp³-hybridized carbons (Fsp3) is 0.345. The summed E-state index contributed by atoms with van der Waals surface area (Å²) < 4.78 is 60.9. The molecule has 7 nitrogen and oxygen atoms in total. The van der Waals surface area contributed by atoms with Gasteiger partial charge in [0.05, 0.1) is 17.0 Å². The molecule has 0 saturated carbocycles. The fourth-order valence-electron chi connectivity index (χ4n) is 5.16. The van der Waals surface area contributed by atoms with Crippen molar-refractivity contribution in [2.45, 2.75) is 29.9 Å². The number of benzene rings is 3. The zero-order valence-corrected chi connectivity index (χ0v) is 22.2. The number of hydrogen-bond acceptors (Lipinski definition) is 5. The van der Waals surface area contributed by atoms with Gasteiger partial charge in [0.25, 0.3) is 5.91 Å². The second-order valence-corrected chi connectivity index (χ2v) is 11.6. The van der Waals surface area contributed by atoms with Gasteiger partial charge in [0.1, 0.15) is 11.6 Å². The maximum absolute atomic E-state index is 13.6. The summed E-state index contributed by atoms with van der Waals surface area (Å²) in [5.74, 6) is -0.914. The first-order valence-electron chi connectivity index (χ1n) is 13.1. The zero-order valence-electron chi connectivity index (χ0n) is 21.4. The van der Waals surface area contributed by atoms with Gasteiger partial charge < -0.3 is 9.64 Å². The van der Waals surface area contributed by atoms with E-state index in [1.165, 1.54) is 36.4 Å². The van der Waals surface area contributed by atoms with Gasteiger partial charge in [0, 0.05) is 44.9 Å². The molecule has 2 aliphatic rings. The molecule has 2 saturated heterocycles. The summed E-state index contributed by atoms with van der Waals surface area (Å²) >= 11 is 0. The molecule has 2 fully saturated rings. The molecule has 39 heavy (non-hydrogen) atoms. The summed E-state index contributed by atoms with van der Waals surface area (Å²) in [6.07, 6.45) is 1.60. The normalized spacial score (nSPS) is 18.5. The summed E-state index contributed by atoms with van der Waals surface area (Å²) in [4.78, 5) is 17.2. The van der Waals surface area contributed by atoms with Crippen molar-refractivity contribution in [2.24, 2.45) is 0 Å². The van der Waals surface area contributed by atoms with Crippen LogP contribution in [0.3, 0.4) is 0 Å². The molecule has 5 rings (SSSR count). The molecule has 10 heteroatoms. The Balaban J connectivity index is 1.27. The van der Waals surface area contributed by atoms with Crippen molar-refractivity contribution in [2.75, 3.05) is 39.3 Å². The van der Waals surface area contributed by atoms with Gasteiger partial charge >= 0.3 is 0 Å². The van der Waals surface area contributed by atoms with Crippen LogP contribution in [0.25, 0.3) is 0 Å². The predicted octanol–water partition coefficient (Wildman–Crippen LogP) is 3.97. The lowest BCUT2D eigenvalue weighted by Crippen LogP contribution is -2.49. The number of ether oxygens (including phenoxy) is 1. The van der Waals surface area contributed by atoms with Gasteiger partial charge in [-0.2, -0.15) is 0 Å². The third-order valence-corrected chi connectivity index (χ3v) is 8.68. The fourth-order valence-corrected chi connectivity index (χ4v) is 6.27.